The number of hydrogen-bond donors (Lipinski definition) is 2. The predicted molar refractivity (Wildman–Crippen MR) is 113 cm³/mol. The van der Waals surface area contributed by atoms with E-state index in [-0.39, 0.29) is 34.5 Å². The molecule has 1 aromatic carbocycles. The summed E-state index contributed by atoms with van der Waals surface area (Å²) < 4.78 is 24.7. The van der Waals surface area contributed by atoms with Gasteiger partial charge in [0, 0.05) is 24.9 Å². The zero-order valence-electron chi connectivity index (χ0n) is 14.1. The molecule has 0 aromatic heterocycles. The van der Waals surface area contributed by atoms with Gasteiger partial charge in [-0.2, -0.15) is 11.8 Å². The lowest BCUT2D eigenvalue weighted by molar-refractivity contribution is 0.583. The Kier molecular flexibility index (Phi) is 8.86. The summed E-state index contributed by atoms with van der Waals surface area (Å²) in [5.41, 5.74) is 0. The Hall–Kier alpha value is -0.480. The third kappa shape index (κ3) is 6.44. The van der Waals surface area contributed by atoms with Gasteiger partial charge in [0.15, 0.2) is 15.8 Å². The third-order valence-corrected chi connectivity index (χ3v) is 7.19. The second-order valence-corrected chi connectivity index (χ2v) is 9.68. The van der Waals surface area contributed by atoms with Gasteiger partial charge in [-0.05, 0) is 37.7 Å². The average molecular weight is 483 g/mol. The molecule has 8 heteroatoms. The standard InChI is InChI=1S/C16H25N3O2S2.HI/c1-16(9-6-11-22-16)13-19-15(17-2)18-10-12-23(20,21)14-7-4-3-5-8-14;/h3-5,7-8H,6,9-13H2,1-2H3,(H2,17,18,19);1H. The van der Waals surface area contributed by atoms with E-state index >= 15 is 0 Å². The Morgan fingerprint density at radius 2 is 2.00 bits per heavy atom. The van der Waals surface area contributed by atoms with Crippen LogP contribution in [-0.2, 0) is 9.84 Å². The molecule has 136 valence electrons. The smallest absolute Gasteiger partial charge is 0.191 e. The second-order valence-electron chi connectivity index (χ2n) is 5.89. The second kappa shape index (κ2) is 9.86. The van der Waals surface area contributed by atoms with Crippen LogP contribution in [0.4, 0.5) is 0 Å². The number of thioether (sulfide) groups is 1. The lowest BCUT2D eigenvalue weighted by atomic mass is 10.1. The Labute approximate surface area is 166 Å². The summed E-state index contributed by atoms with van der Waals surface area (Å²) in [5, 5.41) is 6.39. The Morgan fingerprint density at radius 1 is 1.29 bits per heavy atom. The van der Waals surface area contributed by atoms with Crippen molar-refractivity contribution < 1.29 is 8.42 Å². The SMILES string of the molecule is CN=C(NCCS(=O)(=O)c1ccccc1)NCC1(C)CCCS1.I. The van der Waals surface area contributed by atoms with Crippen LogP contribution in [0.1, 0.15) is 19.8 Å². The van der Waals surface area contributed by atoms with Gasteiger partial charge < -0.3 is 10.6 Å². The van der Waals surface area contributed by atoms with E-state index in [0.717, 1.165) is 6.54 Å². The maximum Gasteiger partial charge on any atom is 0.191 e. The lowest BCUT2D eigenvalue weighted by Crippen LogP contribution is -2.44. The molecule has 1 aromatic rings. The van der Waals surface area contributed by atoms with Crippen molar-refractivity contribution in [3.8, 4) is 0 Å². The lowest BCUT2D eigenvalue weighted by Gasteiger charge is -2.24. The largest absolute Gasteiger partial charge is 0.355 e. The van der Waals surface area contributed by atoms with Gasteiger partial charge >= 0.3 is 0 Å². The normalized spacial score (nSPS) is 21.2. The van der Waals surface area contributed by atoms with Gasteiger partial charge in [0.05, 0.1) is 10.6 Å². The minimum Gasteiger partial charge on any atom is -0.355 e. The first-order valence-corrected chi connectivity index (χ1v) is 10.5. The third-order valence-electron chi connectivity index (χ3n) is 3.92. The Balaban J connectivity index is 0.00000288. The average Bonchev–Trinajstić information content (AvgIpc) is 2.98. The van der Waals surface area contributed by atoms with E-state index in [2.05, 4.69) is 22.5 Å². The molecule has 1 aliphatic rings. The van der Waals surface area contributed by atoms with Crippen LogP contribution in [0, 0.1) is 0 Å². The number of nitrogens with one attached hydrogen (secondary N) is 2. The van der Waals surface area contributed by atoms with Crippen LogP contribution in [0.5, 0.6) is 0 Å². The molecule has 5 nitrogen and oxygen atoms in total. The highest BCUT2D eigenvalue weighted by Gasteiger charge is 2.29. The van der Waals surface area contributed by atoms with E-state index < -0.39 is 9.84 Å². The van der Waals surface area contributed by atoms with Gasteiger partial charge in [-0.1, -0.05) is 18.2 Å². The number of sulfone groups is 1. The monoisotopic (exact) mass is 483 g/mol. The first kappa shape index (κ1) is 21.6. The van der Waals surface area contributed by atoms with Crippen LogP contribution >= 0.6 is 35.7 Å². The van der Waals surface area contributed by atoms with Crippen molar-refractivity contribution >= 4 is 51.5 Å². The molecule has 2 N–H and O–H groups in total. The summed E-state index contributed by atoms with van der Waals surface area (Å²) in [7, 11) is -1.56. The van der Waals surface area contributed by atoms with Crippen molar-refractivity contribution in [1.82, 2.24) is 10.6 Å². The molecule has 1 fully saturated rings. The van der Waals surface area contributed by atoms with Crippen LogP contribution in [0.25, 0.3) is 0 Å². The van der Waals surface area contributed by atoms with Crippen LogP contribution in [0.2, 0.25) is 0 Å². The van der Waals surface area contributed by atoms with Gasteiger partial charge in [-0.15, -0.1) is 24.0 Å². The zero-order valence-corrected chi connectivity index (χ0v) is 18.1. The number of nitrogens with zero attached hydrogens (tertiary/aromatic N) is 1. The Bertz CT molecular complexity index is 630. The van der Waals surface area contributed by atoms with Gasteiger partial charge in [-0.3, -0.25) is 4.99 Å². The molecule has 1 atom stereocenters. The molecular weight excluding hydrogens is 457 g/mol. The van der Waals surface area contributed by atoms with E-state index in [1.807, 2.05) is 17.8 Å². The predicted octanol–water partition coefficient (Wildman–Crippen LogP) is 2.53. The number of rotatable bonds is 6. The van der Waals surface area contributed by atoms with Crippen LogP contribution in [0.15, 0.2) is 40.2 Å². The van der Waals surface area contributed by atoms with Crippen LogP contribution in [0.3, 0.4) is 0 Å². The molecule has 1 heterocycles. The summed E-state index contributed by atoms with van der Waals surface area (Å²) in [5.74, 6) is 1.91. The van der Waals surface area contributed by atoms with Gasteiger partial charge in [0.25, 0.3) is 0 Å². The minimum absolute atomic E-state index is 0. The van der Waals surface area contributed by atoms with Crippen molar-refractivity contribution in [2.75, 3.05) is 31.6 Å². The Morgan fingerprint density at radius 3 is 2.58 bits per heavy atom. The van der Waals surface area contributed by atoms with Gasteiger partial charge in [-0.25, -0.2) is 8.42 Å². The molecule has 0 amide bonds. The van der Waals surface area contributed by atoms with Crippen molar-refractivity contribution in [1.29, 1.82) is 0 Å². The first-order valence-electron chi connectivity index (χ1n) is 7.81. The summed E-state index contributed by atoms with van der Waals surface area (Å²) in [6.45, 7) is 3.42. The number of hydrogen-bond acceptors (Lipinski definition) is 4. The molecule has 0 spiro atoms. The molecule has 1 aliphatic heterocycles. The van der Waals surface area contributed by atoms with Crippen molar-refractivity contribution in [3.05, 3.63) is 30.3 Å². The highest BCUT2D eigenvalue weighted by Crippen LogP contribution is 2.36. The maximum atomic E-state index is 12.2. The molecule has 1 unspecified atom stereocenters. The quantitative estimate of drug-likeness (QED) is 0.370. The van der Waals surface area contributed by atoms with Crippen molar-refractivity contribution in [3.63, 3.8) is 0 Å². The molecular formula is C16H26IN3O2S2. The summed E-state index contributed by atoms with van der Waals surface area (Å²) in [6, 6.07) is 8.54. The summed E-state index contributed by atoms with van der Waals surface area (Å²) >= 11 is 1.98. The number of halogens is 1. The van der Waals surface area contributed by atoms with Gasteiger partial charge in [0.1, 0.15) is 0 Å². The molecule has 0 saturated carbocycles. The number of guanidine groups is 1. The molecule has 2 rings (SSSR count). The zero-order chi connectivity index (χ0) is 16.8. The fourth-order valence-corrected chi connectivity index (χ4v) is 4.94. The van der Waals surface area contributed by atoms with Crippen LogP contribution in [-0.4, -0.2) is 50.8 Å². The fourth-order valence-electron chi connectivity index (χ4n) is 2.52. The van der Waals surface area contributed by atoms with E-state index in [0.29, 0.717) is 17.4 Å². The van der Waals surface area contributed by atoms with E-state index in [4.69, 9.17) is 0 Å². The molecule has 0 bridgehead atoms. The number of aliphatic imine (C=N–C) groups is 1. The van der Waals surface area contributed by atoms with Crippen molar-refractivity contribution in [2.24, 2.45) is 4.99 Å². The number of benzene rings is 1. The molecule has 0 aliphatic carbocycles. The molecule has 0 radical (unpaired) electrons. The van der Waals surface area contributed by atoms with Gasteiger partial charge in [0.2, 0.25) is 0 Å². The van der Waals surface area contributed by atoms with Crippen molar-refractivity contribution in [2.45, 2.75) is 29.4 Å². The molecule has 24 heavy (non-hydrogen) atoms. The molecule has 1 saturated heterocycles. The highest BCUT2D eigenvalue weighted by molar-refractivity contribution is 14.0. The topological polar surface area (TPSA) is 70.6 Å². The summed E-state index contributed by atoms with van der Waals surface area (Å²) in [4.78, 5) is 4.52. The first-order chi connectivity index (χ1) is 11.0. The summed E-state index contributed by atoms with van der Waals surface area (Å²) in [6.07, 6.45) is 2.45. The van der Waals surface area contributed by atoms with E-state index in [1.54, 1.807) is 31.3 Å². The highest BCUT2D eigenvalue weighted by atomic mass is 127. The van der Waals surface area contributed by atoms with Crippen LogP contribution < -0.4 is 10.6 Å². The van der Waals surface area contributed by atoms with E-state index in [9.17, 15) is 8.42 Å². The minimum atomic E-state index is -3.26. The maximum absolute atomic E-state index is 12.2. The van der Waals surface area contributed by atoms with E-state index in [1.165, 1.54) is 18.6 Å². The fraction of sp³-hybridized carbons (Fsp3) is 0.562.